The molecule has 1 rings (SSSR count). The Morgan fingerprint density at radius 3 is 2.39 bits per heavy atom. The van der Waals surface area contributed by atoms with Gasteiger partial charge in [-0.15, -0.1) is 0 Å². The highest BCUT2D eigenvalue weighted by atomic mass is 31.1. The third-order valence-corrected chi connectivity index (χ3v) is 5.30. The highest BCUT2D eigenvalue weighted by Gasteiger charge is 2.27. The maximum atomic E-state index is 12.2. The number of rotatable bonds is 12. The van der Waals surface area contributed by atoms with Crippen LogP contribution in [0.25, 0.3) is 0 Å². The molecule has 0 bridgehead atoms. The van der Waals surface area contributed by atoms with Crippen molar-refractivity contribution in [3.8, 4) is 0 Å². The van der Waals surface area contributed by atoms with Crippen LogP contribution in [0, 0.1) is 5.92 Å². The van der Waals surface area contributed by atoms with Crippen molar-refractivity contribution >= 4 is 20.0 Å². The average molecular weight is 411 g/mol. The van der Waals surface area contributed by atoms with Crippen LogP contribution in [-0.2, 0) is 30.0 Å². The first kappa shape index (κ1) is 24.1. The summed E-state index contributed by atoms with van der Waals surface area (Å²) < 4.78 is 23.5. The van der Waals surface area contributed by atoms with Crippen LogP contribution in [0.15, 0.2) is 42.5 Å². The summed E-state index contributed by atoms with van der Waals surface area (Å²) in [6, 6.07) is 9.58. The van der Waals surface area contributed by atoms with E-state index in [9.17, 15) is 19.3 Å². The second kappa shape index (κ2) is 11.8. The van der Waals surface area contributed by atoms with Crippen molar-refractivity contribution in [2.24, 2.45) is 5.92 Å². The molecule has 0 spiro atoms. The van der Waals surface area contributed by atoms with E-state index in [0.717, 1.165) is 11.6 Å². The van der Waals surface area contributed by atoms with Gasteiger partial charge in [-0.05, 0) is 17.6 Å². The van der Waals surface area contributed by atoms with Gasteiger partial charge in [-0.2, -0.15) is 0 Å². The summed E-state index contributed by atoms with van der Waals surface area (Å²) in [5, 5.41) is 10.4. The van der Waals surface area contributed by atoms with Crippen LogP contribution in [-0.4, -0.2) is 55.9 Å². The fourth-order valence-corrected chi connectivity index (χ4v) is 3.75. The Morgan fingerprint density at radius 2 is 1.82 bits per heavy atom. The number of carboxylic acid groups (broad SMARTS) is 1. The lowest BCUT2D eigenvalue weighted by molar-refractivity contribution is -0.891. The van der Waals surface area contributed by atoms with Crippen LogP contribution in [0.2, 0.25) is 0 Å². The molecule has 2 unspecified atom stereocenters. The number of quaternary nitrogens is 1. The number of ether oxygens (including phenoxy) is 1. The van der Waals surface area contributed by atoms with Gasteiger partial charge in [0.05, 0.1) is 39.4 Å². The number of esters is 1. The van der Waals surface area contributed by atoms with E-state index in [4.69, 9.17) is 9.26 Å². The molecule has 28 heavy (non-hydrogen) atoms. The average Bonchev–Trinajstić information content (AvgIpc) is 2.63. The molecule has 0 aliphatic carbocycles. The zero-order chi connectivity index (χ0) is 21.2. The highest BCUT2D eigenvalue weighted by Crippen LogP contribution is 2.25. The van der Waals surface area contributed by atoms with Crippen LogP contribution < -0.4 is 5.11 Å². The Kier molecular flexibility index (Phi) is 10.1. The van der Waals surface area contributed by atoms with Crippen molar-refractivity contribution in [3.05, 3.63) is 48.0 Å². The third kappa shape index (κ3) is 10.4. The quantitative estimate of drug-likeness (QED) is 0.225. The van der Waals surface area contributed by atoms with Gasteiger partial charge in [-0.3, -0.25) is 4.57 Å². The second-order valence-electron chi connectivity index (χ2n) is 7.61. The number of carbonyl (C=O) groups is 2. The van der Waals surface area contributed by atoms with Gasteiger partial charge in [-0.25, -0.2) is 4.79 Å². The van der Waals surface area contributed by atoms with Crippen molar-refractivity contribution in [2.45, 2.75) is 26.6 Å². The first-order valence-electron chi connectivity index (χ1n) is 9.20. The van der Waals surface area contributed by atoms with E-state index in [1.165, 1.54) is 0 Å². The monoisotopic (exact) mass is 411 g/mol. The largest absolute Gasteiger partial charge is 0.545 e. The smallest absolute Gasteiger partial charge is 0.331 e. The van der Waals surface area contributed by atoms with E-state index in [1.807, 2.05) is 58.3 Å². The number of carbonyl (C=O) groups excluding carboxylic acids is 2. The van der Waals surface area contributed by atoms with Gasteiger partial charge < -0.3 is 23.6 Å². The molecule has 1 aromatic carbocycles. The Labute approximate surface area is 167 Å². The molecule has 0 radical (unpaired) electrons. The number of hydrogen-bond acceptors (Lipinski definition) is 6. The molecule has 0 amide bonds. The Morgan fingerprint density at radius 1 is 1.18 bits per heavy atom. The standard InChI is InChI=1S/C20H30NO6P/c1-16(2)18(27-20(24)11-10-19(22)23)14-21(3,4)12-13-28(25)26-15-17-8-6-5-7-9-17/h5-11,16,18,28H,12-15H2,1-4H3. The summed E-state index contributed by atoms with van der Waals surface area (Å²) in [4.78, 5) is 22.2. The Hall–Kier alpha value is -1.95. The zero-order valence-corrected chi connectivity index (χ0v) is 17.9. The summed E-state index contributed by atoms with van der Waals surface area (Å²) in [5.74, 6) is -2.12. The number of aliphatic carboxylic acids is 1. The van der Waals surface area contributed by atoms with E-state index in [-0.39, 0.29) is 5.92 Å². The van der Waals surface area contributed by atoms with Crippen LogP contribution >= 0.6 is 8.03 Å². The van der Waals surface area contributed by atoms with Crippen molar-refractivity contribution in [1.82, 2.24) is 0 Å². The Balaban J connectivity index is 2.50. The minimum Gasteiger partial charge on any atom is -0.545 e. The van der Waals surface area contributed by atoms with E-state index >= 15 is 0 Å². The lowest BCUT2D eigenvalue weighted by Crippen LogP contribution is -2.49. The molecule has 1 aromatic rings. The van der Waals surface area contributed by atoms with Gasteiger partial charge >= 0.3 is 5.97 Å². The Bertz CT molecular complexity index is 687. The molecule has 7 nitrogen and oxygen atoms in total. The lowest BCUT2D eigenvalue weighted by Gasteiger charge is -2.34. The molecule has 0 aromatic heterocycles. The molecule has 0 saturated heterocycles. The third-order valence-electron chi connectivity index (χ3n) is 4.20. The topological polar surface area (TPSA) is 92.7 Å². The number of hydrogen-bond donors (Lipinski definition) is 0. The van der Waals surface area contributed by atoms with Crippen molar-refractivity contribution < 1.29 is 33.0 Å². The van der Waals surface area contributed by atoms with Crippen LogP contribution in [0.3, 0.4) is 0 Å². The molecule has 156 valence electrons. The molecule has 0 saturated carbocycles. The number of nitrogens with zero attached hydrogens (tertiary/aromatic N) is 1. The van der Waals surface area contributed by atoms with Crippen molar-refractivity contribution in [1.29, 1.82) is 0 Å². The first-order valence-corrected chi connectivity index (χ1v) is 10.7. The van der Waals surface area contributed by atoms with Gasteiger partial charge in [0.2, 0.25) is 0 Å². The molecular formula is C20H30NO6P. The minimum absolute atomic E-state index is 0.0454. The SMILES string of the molecule is CC(C)C(C[N+](C)(C)CC[PH](=O)OCc1ccccc1)OC(=O)C=CC(=O)[O-]. The van der Waals surface area contributed by atoms with Crippen LogP contribution in [0.4, 0.5) is 0 Å². The summed E-state index contributed by atoms with van der Waals surface area (Å²) in [6.45, 7) is 5.28. The van der Waals surface area contributed by atoms with Crippen molar-refractivity contribution in [3.63, 3.8) is 0 Å². The number of carboxylic acids is 1. The van der Waals surface area contributed by atoms with Gasteiger partial charge in [0.15, 0.2) is 14.1 Å². The van der Waals surface area contributed by atoms with E-state index < -0.39 is 26.1 Å². The van der Waals surface area contributed by atoms with Crippen LogP contribution in [0.5, 0.6) is 0 Å². The molecule has 2 atom stereocenters. The minimum atomic E-state index is -2.17. The zero-order valence-electron chi connectivity index (χ0n) is 16.9. The van der Waals surface area contributed by atoms with Crippen molar-refractivity contribution in [2.75, 3.05) is 33.3 Å². The molecule has 0 fully saturated rings. The van der Waals surface area contributed by atoms with Gasteiger partial charge in [0.1, 0.15) is 6.54 Å². The number of likely N-dealkylation sites (N-methyl/N-ethyl adjacent to an activating group) is 1. The summed E-state index contributed by atoms with van der Waals surface area (Å²) in [5.41, 5.74) is 0.978. The predicted octanol–water partition coefficient (Wildman–Crippen LogP) is 1.63. The maximum Gasteiger partial charge on any atom is 0.331 e. The highest BCUT2D eigenvalue weighted by molar-refractivity contribution is 7.39. The van der Waals surface area contributed by atoms with E-state index in [0.29, 0.717) is 36.4 Å². The molecule has 0 aliphatic rings. The molecule has 8 heteroatoms. The summed E-state index contributed by atoms with van der Waals surface area (Å²) in [6.07, 6.45) is 1.52. The fourth-order valence-electron chi connectivity index (χ4n) is 2.49. The van der Waals surface area contributed by atoms with E-state index in [2.05, 4.69) is 0 Å². The molecule has 0 aliphatic heterocycles. The fraction of sp³-hybridized carbons (Fsp3) is 0.500. The van der Waals surface area contributed by atoms with Crippen LogP contribution in [0.1, 0.15) is 19.4 Å². The van der Waals surface area contributed by atoms with E-state index in [1.54, 1.807) is 0 Å². The maximum absolute atomic E-state index is 12.2. The molecular weight excluding hydrogens is 381 g/mol. The summed E-state index contributed by atoms with van der Waals surface area (Å²) in [7, 11) is 1.76. The molecule has 0 N–H and O–H groups in total. The summed E-state index contributed by atoms with van der Waals surface area (Å²) >= 11 is 0. The van der Waals surface area contributed by atoms with Gasteiger partial charge in [-0.1, -0.05) is 44.2 Å². The second-order valence-corrected chi connectivity index (χ2v) is 9.14. The number of benzene rings is 1. The lowest BCUT2D eigenvalue weighted by atomic mass is 10.1. The first-order chi connectivity index (χ1) is 13.1. The predicted molar refractivity (Wildman–Crippen MR) is 106 cm³/mol. The normalized spacial score (nSPS) is 14.2. The molecule has 0 heterocycles. The van der Waals surface area contributed by atoms with Gasteiger partial charge in [0, 0.05) is 6.08 Å². The van der Waals surface area contributed by atoms with Gasteiger partial charge in [0.25, 0.3) is 0 Å².